The van der Waals surface area contributed by atoms with Gasteiger partial charge in [0.15, 0.2) is 0 Å². The molecule has 62 valence electrons. The van der Waals surface area contributed by atoms with E-state index in [4.69, 9.17) is 16.6 Å². The fraction of sp³-hybridized carbons (Fsp3) is 1.00. The maximum absolute atomic E-state index is 8.66. The zero-order chi connectivity index (χ0) is 7.82. The molecule has 3 heteroatoms. The molecule has 0 saturated carbocycles. The first-order valence-electron chi connectivity index (χ1n) is 3.91. The van der Waals surface area contributed by atoms with E-state index >= 15 is 0 Å². The Hall–Kier alpha value is -0.120. The summed E-state index contributed by atoms with van der Waals surface area (Å²) in [7, 11) is 0. The summed E-state index contributed by atoms with van der Waals surface area (Å²) < 4.78 is 0. The molecular weight excluding hydrogens is 128 g/mol. The topological polar surface area (TPSA) is 72.3 Å². The molecule has 1 unspecified atom stereocenters. The number of rotatable bonds is 6. The van der Waals surface area contributed by atoms with Crippen LogP contribution in [0.3, 0.4) is 0 Å². The Morgan fingerprint density at radius 3 is 2.20 bits per heavy atom. The largest absolute Gasteiger partial charge is 0.379 e. The van der Waals surface area contributed by atoms with Gasteiger partial charge in [-0.1, -0.05) is 12.8 Å². The molecule has 1 atom stereocenters. The first-order valence-corrected chi connectivity index (χ1v) is 3.91. The van der Waals surface area contributed by atoms with Crippen LogP contribution in [-0.2, 0) is 0 Å². The number of nitrogens with two attached hydrogens (primary N) is 2. The number of aliphatic hydroxyl groups is 1. The van der Waals surface area contributed by atoms with Crippen LogP contribution < -0.4 is 11.5 Å². The average Bonchev–Trinajstić information content (AvgIpc) is 1.87. The van der Waals surface area contributed by atoms with Crippen molar-refractivity contribution in [1.29, 1.82) is 0 Å². The van der Waals surface area contributed by atoms with Gasteiger partial charge in [-0.2, -0.15) is 0 Å². The van der Waals surface area contributed by atoms with Crippen LogP contribution in [0.5, 0.6) is 0 Å². The SMILES string of the molecule is NCCCCCCC(N)O. The third kappa shape index (κ3) is 7.88. The van der Waals surface area contributed by atoms with Crippen LogP contribution in [0.2, 0.25) is 0 Å². The standard InChI is InChI=1S/C7H18N2O/c8-6-4-2-1-3-5-7(9)10/h7,10H,1-6,8-9H2. The first-order chi connectivity index (χ1) is 4.77. The highest BCUT2D eigenvalue weighted by Crippen LogP contribution is 2.02. The lowest BCUT2D eigenvalue weighted by atomic mass is 10.1. The quantitative estimate of drug-likeness (QED) is 0.369. The van der Waals surface area contributed by atoms with Crippen molar-refractivity contribution >= 4 is 0 Å². The third-order valence-corrected chi connectivity index (χ3v) is 1.45. The minimum absolute atomic E-state index is 0.627. The van der Waals surface area contributed by atoms with E-state index in [0.29, 0.717) is 6.42 Å². The minimum Gasteiger partial charge on any atom is -0.379 e. The van der Waals surface area contributed by atoms with Crippen molar-refractivity contribution in [2.24, 2.45) is 11.5 Å². The van der Waals surface area contributed by atoms with Crippen LogP contribution in [0.4, 0.5) is 0 Å². The van der Waals surface area contributed by atoms with Gasteiger partial charge in [0, 0.05) is 0 Å². The second-order valence-corrected chi connectivity index (χ2v) is 2.56. The average molecular weight is 146 g/mol. The highest BCUT2D eigenvalue weighted by atomic mass is 16.3. The number of aliphatic hydroxyl groups excluding tert-OH is 1. The van der Waals surface area contributed by atoms with Crippen LogP contribution in [0.1, 0.15) is 32.1 Å². The van der Waals surface area contributed by atoms with Crippen LogP contribution in [0, 0.1) is 0 Å². The third-order valence-electron chi connectivity index (χ3n) is 1.45. The Balaban J connectivity index is 2.77. The normalized spacial score (nSPS) is 13.5. The molecule has 0 spiro atoms. The molecule has 0 fully saturated rings. The lowest BCUT2D eigenvalue weighted by Gasteiger charge is -2.02. The summed E-state index contributed by atoms with van der Waals surface area (Å²) in [5.74, 6) is 0. The van der Waals surface area contributed by atoms with Gasteiger partial charge in [-0.15, -0.1) is 0 Å². The molecule has 5 N–H and O–H groups in total. The van der Waals surface area contributed by atoms with E-state index in [9.17, 15) is 0 Å². The monoisotopic (exact) mass is 146 g/mol. The lowest BCUT2D eigenvalue weighted by molar-refractivity contribution is 0.168. The summed E-state index contributed by atoms with van der Waals surface area (Å²) >= 11 is 0. The van der Waals surface area contributed by atoms with Gasteiger partial charge >= 0.3 is 0 Å². The predicted octanol–water partition coefficient (Wildman–Crippen LogP) is 0.173. The van der Waals surface area contributed by atoms with E-state index in [1.165, 1.54) is 0 Å². The Morgan fingerprint density at radius 2 is 1.70 bits per heavy atom. The molecule has 0 heterocycles. The van der Waals surface area contributed by atoms with Gasteiger partial charge in [0.1, 0.15) is 6.23 Å². The van der Waals surface area contributed by atoms with E-state index in [0.717, 1.165) is 32.2 Å². The Bertz CT molecular complexity index is 66.6. The zero-order valence-corrected chi connectivity index (χ0v) is 6.42. The molecule has 0 amide bonds. The molecule has 0 aromatic heterocycles. The fourth-order valence-electron chi connectivity index (χ4n) is 0.851. The second-order valence-electron chi connectivity index (χ2n) is 2.56. The van der Waals surface area contributed by atoms with Crippen LogP contribution in [0.25, 0.3) is 0 Å². The van der Waals surface area contributed by atoms with Crippen LogP contribution in [-0.4, -0.2) is 17.9 Å². The number of unbranched alkanes of at least 4 members (excludes halogenated alkanes) is 3. The summed E-state index contributed by atoms with van der Waals surface area (Å²) in [5, 5.41) is 8.66. The molecule has 0 aliphatic rings. The van der Waals surface area contributed by atoms with Gasteiger partial charge in [0.25, 0.3) is 0 Å². The summed E-state index contributed by atoms with van der Waals surface area (Å²) in [5.41, 5.74) is 10.4. The lowest BCUT2D eigenvalue weighted by Crippen LogP contribution is -2.17. The van der Waals surface area contributed by atoms with E-state index in [1.807, 2.05) is 0 Å². The van der Waals surface area contributed by atoms with Crippen molar-refractivity contribution < 1.29 is 5.11 Å². The van der Waals surface area contributed by atoms with Crippen molar-refractivity contribution in [1.82, 2.24) is 0 Å². The van der Waals surface area contributed by atoms with E-state index < -0.39 is 6.23 Å². The molecule has 0 rings (SSSR count). The van der Waals surface area contributed by atoms with Gasteiger partial charge in [-0.3, -0.25) is 0 Å². The molecule has 0 aliphatic carbocycles. The molecule has 0 bridgehead atoms. The second kappa shape index (κ2) is 6.99. The van der Waals surface area contributed by atoms with Crippen LogP contribution in [0.15, 0.2) is 0 Å². The Kier molecular flexibility index (Phi) is 6.91. The molecule has 0 radical (unpaired) electrons. The molecular formula is C7H18N2O. The van der Waals surface area contributed by atoms with E-state index in [-0.39, 0.29) is 0 Å². The number of hydrogen-bond acceptors (Lipinski definition) is 3. The van der Waals surface area contributed by atoms with Gasteiger partial charge in [-0.25, -0.2) is 0 Å². The van der Waals surface area contributed by atoms with E-state index in [2.05, 4.69) is 0 Å². The highest BCUT2D eigenvalue weighted by Gasteiger charge is 1.94. The van der Waals surface area contributed by atoms with Crippen molar-refractivity contribution in [3.05, 3.63) is 0 Å². The van der Waals surface area contributed by atoms with E-state index in [1.54, 1.807) is 0 Å². The first kappa shape index (κ1) is 9.88. The summed E-state index contributed by atoms with van der Waals surface area (Å²) in [6.45, 7) is 0.769. The molecule has 0 aromatic carbocycles. The fourth-order valence-corrected chi connectivity index (χ4v) is 0.851. The summed E-state index contributed by atoms with van der Waals surface area (Å²) in [6.07, 6.45) is 4.47. The molecule has 3 nitrogen and oxygen atoms in total. The van der Waals surface area contributed by atoms with Gasteiger partial charge in [0.2, 0.25) is 0 Å². The van der Waals surface area contributed by atoms with Crippen LogP contribution >= 0.6 is 0 Å². The highest BCUT2D eigenvalue weighted by molar-refractivity contribution is 4.47. The van der Waals surface area contributed by atoms with Gasteiger partial charge < -0.3 is 16.6 Å². The van der Waals surface area contributed by atoms with Gasteiger partial charge in [0.05, 0.1) is 0 Å². The van der Waals surface area contributed by atoms with Crippen molar-refractivity contribution in [3.8, 4) is 0 Å². The maximum Gasteiger partial charge on any atom is 0.102 e. The Labute approximate surface area is 62.4 Å². The zero-order valence-electron chi connectivity index (χ0n) is 6.42. The smallest absolute Gasteiger partial charge is 0.102 e. The number of hydrogen-bond donors (Lipinski definition) is 3. The molecule has 0 saturated heterocycles. The Morgan fingerprint density at radius 1 is 1.10 bits per heavy atom. The molecule has 0 aromatic rings. The minimum atomic E-state index is -0.627. The van der Waals surface area contributed by atoms with Gasteiger partial charge in [-0.05, 0) is 25.8 Å². The maximum atomic E-state index is 8.66. The van der Waals surface area contributed by atoms with Crippen molar-refractivity contribution in [2.75, 3.05) is 6.54 Å². The summed E-state index contributed by atoms with van der Waals surface area (Å²) in [6, 6.07) is 0. The molecule has 10 heavy (non-hydrogen) atoms. The summed E-state index contributed by atoms with van der Waals surface area (Å²) in [4.78, 5) is 0. The predicted molar refractivity (Wildman–Crippen MR) is 42.3 cm³/mol. The van der Waals surface area contributed by atoms with Crippen molar-refractivity contribution in [3.63, 3.8) is 0 Å². The van der Waals surface area contributed by atoms with Crippen molar-refractivity contribution in [2.45, 2.75) is 38.3 Å². The molecule has 0 aliphatic heterocycles.